The zero-order valence-electron chi connectivity index (χ0n) is 10.8. The van der Waals surface area contributed by atoms with Crippen molar-refractivity contribution in [3.63, 3.8) is 0 Å². The number of ether oxygens (including phenoxy) is 1. The van der Waals surface area contributed by atoms with Crippen LogP contribution in [0.4, 0.5) is 0 Å². The van der Waals surface area contributed by atoms with Crippen molar-refractivity contribution < 1.29 is 9.26 Å². The zero-order chi connectivity index (χ0) is 13.5. The molecule has 0 spiro atoms. The second-order valence-corrected chi connectivity index (χ2v) is 5.05. The number of nitrogens with two attached hydrogens (primary N) is 1. The van der Waals surface area contributed by atoms with Gasteiger partial charge in [-0.05, 0) is 12.1 Å². The molecule has 6 heteroatoms. The maximum Gasteiger partial charge on any atom is 0.229 e. The highest BCUT2D eigenvalue weighted by atomic mass is 32.2. The molecule has 19 heavy (non-hydrogen) atoms. The van der Waals surface area contributed by atoms with Crippen LogP contribution in [-0.4, -0.2) is 29.9 Å². The van der Waals surface area contributed by atoms with Crippen molar-refractivity contribution in [2.75, 3.05) is 13.7 Å². The van der Waals surface area contributed by atoms with Crippen LogP contribution in [0.25, 0.3) is 0 Å². The first-order valence-electron chi connectivity index (χ1n) is 6.04. The molecule has 102 valence electrons. The molecule has 0 aliphatic carbocycles. The second kappa shape index (κ2) is 7.28. The quantitative estimate of drug-likeness (QED) is 0.780. The topological polar surface area (TPSA) is 74.2 Å². The number of aromatic nitrogens is 2. The van der Waals surface area contributed by atoms with Crippen molar-refractivity contribution in [1.82, 2.24) is 10.1 Å². The van der Waals surface area contributed by atoms with Gasteiger partial charge < -0.3 is 15.0 Å². The summed E-state index contributed by atoms with van der Waals surface area (Å²) in [7, 11) is 1.63. The second-order valence-electron chi connectivity index (χ2n) is 4.00. The lowest BCUT2D eigenvalue weighted by atomic mass is 10.2. The third-order valence-corrected chi connectivity index (χ3v) is 3.63. The van der Waals surface area contributed by atoms with Crippen LogP contribution < -0.4 is 5.73 Å². The van der Waals surface area contributed by atoms with Crippen LogP contribution in [0.3, 0.4) is 0 Å². The zero-order valence-corrected chi connectivity index (χ0v) is 11.6. The van der Waals surface area contributed by atoms with Crippen LogP contribution >= 0.6 is 11.8 Å². The molecule has 1 atom stereocenters. The Labute approximate surface area is 116 Å². The molecule has 5 nitrogen and oxygen atoms in total. The molecule has 0 saturated heterocycles. The Morgan fingerprint density at radius 1 is 1.37 bits per heavy atom. The summed E-state index contributed by atoms with van der Waals surface area (Å²) >= 11 is 1.68. The van der Waals surface area contributed by atoms with Crippen molar-refractivity contribution in [2.24, 2.45) is 5.73 Å². The van der Waals surface area contributed by atoms with Gasteiger partial charge in [-0.2, -0.15) is 4.98 Å². The molecule has 2 N–H and O–H groups in total. The van der Waals surface area contributed by atoms with Crippen molar-refractivity contribution in [3.8, 4) is 0 Å². The molecule has 0 aliphatic heterocycles. The largest absolute Gasteiger partial charge is 0.380 e. The van der Waals surface area contributed by atoms with Gasteiger partial charge in [0.1, 0.15) is 0 Å². The molecule has 1 aromatic heterocycles. The summed E-state index contributed by atoms with van der Waals surface area (Å²) < 4.78 is 10.4. The first-order valence-corrected chi connectivity index (χ1v) is 7.02. The fraction of sp³-hybridized carbons (Fsp3) is 0.385. The van der Waals surface area contributed by atoms with E-state index >= 15 is 0 Å². The summed E-state index contributed by atoms with van der Waals surface area (Å²) in [5.41, 5.74) is 5.55. The van der Waals surface area contributed by atoms with Crippen molar-refractivity contribution in [1.29, 1.82) is 0 Å². The van der Waals surface area contributed by atoms with Gasteiger partial charge in [-0.1, -0.05) is 23.4 Å². The van der Waals surface area contributed by atoms with Gasteiger partial charge in [0.2, 0.25) is 5.89 Å². The Balaban J connectivity index is 1.87. The molecule has 0 bridgehead atoms. The molecule has 0 amide bonds. The van der Waals surface area contributed by atoms with Gasteiger partial charge in [0.15, 0.2) is 5.82 Å². The van der Waals surface area contributed by atoms with Crippen molar-refractivity contribution >= 4 is 11.8 Å². The van der Waals surface area contributed by atoms with E-state index in [1.54, 1.807) is 18.9 Å². The van der Waals surface area contributed by atoms with Crippen molar-refractivity contribution in [2.45, 2.75) is 23.2 Å². The average molecular weight is 279 g/mol. The van der Waals surface area contributed by atoms with Gasteiger partial charge in [0.25, 0.3) is 0 Å². The lowest BCUT2D eigenvalue weighted by Gasteiger charge is -2.08. The highest BCUT2D eigenvalue weighted by molar-refractivity contribution is 7.98. The first-order chi connectivity index (χ1) is 9.31. The third kappa shape index (κ3) is 4.34. The molecular formula is C13H17N3O2S. The average Bonchev–Trinajstić information content (AvgIpc) is 2.91. The molecule has 0 aliphatic rings. The molecular weight excluding hydrogens is 262 g/mol. The van der Waals surface area contributed by atoms with Crippen LogP contribution in [0.5, 0.6) is 0 Å². The molecule has 2 aromatic rings. The van der Waals surface area contributed by atoms with Gasteiger partial charge >= 0.3 is 0 Å². The standard InChI is InChI=1S/C13H17N3O2S/c1-17-10(8-14)7-13-15-12(16-18-13)9-19-11-5-3-2-4-6-11/h2-6,10H,7-9,14H2,1H3. The number of thioether (sulfide) groups is 1. The number of methoxy groups -OCH3 is 1. The maximum absolute atomic E-state index is 5.55. The number of benzene rings is 1. The van der Waals surface area contributed by atoms with Crippen LogP contribution in [0, 0.1) is 0 Å². The lowest BCUT2D eigenvalue weighted by Crippen LogP contribution is -2.24. The minimum atomic E-state index is -0.0740. The highest BCUT2D eigenvalue weighted by Gasteiger charge is 2.12. The lowest BCUT2D eigenvalue weighted by molar-refractivity contribution is 0.102. The Morgan fingerprint density at radius 3 is 2.84 bits per heavy atom. The minimum Gasteiger partial charge on any atom is -0.380 e. The van der Waals surface area contributed by atoms with Gasteiger partial charge in [0.05, 0.1) is 18.3 Å². The summed E-state index contributed by atoms with van der Waals surface area (Å²) in [6.45, 7) is 0.437. The van der Waals surface area contributed by atoms with Gasteiger partial charge in [-0.3, -0.25) is 0 Å². The fourth-order valence-corrected chi connectivity index (χ4v) is 2.32. The number of hydrogen-bond donors (Lipinski definition) is 1. The van der Waals surface area contributed by atoms with E-state index in [4.69, 9.17) is 15.0 Å². The molecule has 2 rings (SSSR count). The molecule has 0 fully saturated rings. The predicted molar refractivity (Wildman–Crippen MR) is 73.9 cm³/mol. The van der Waals surface area contributed by atoms with E-state index in [-0.39, 0.29) is 6.10 Å². The molecule has 0 radical (unpaired) electrons. The first kappa shape index (κ1) is 14.0. The van der Waals surface area contributed by atoms with E-state index in [0.29, 0.717) is 30.4 Å². The fourth-order valence-electron chi connectivity index (χ4n) is 1.55. The van der Waals surface area contributed by atoms with Crippen LogP contribution in [-0.2, 0) is 16.9 Å². The summed E-state index contributed by atoms with van der Waals surface area (Å²) in [5.74, 6) is 1.95. The Hall–Kier alpha value is -1.37. The van der Waals surface area contributed by atoms with Gasteiger partial charge in [-0.15, -0.1) is 11.8 Å². The maximum atomic E-state index is 5.55. The highest BCUT2D eigenvalue weighted by Crippen LogP contribution is 2.20. The van der Waals surface area contributed by atoms with Crippen LogP contribution in [0.2, 0.25) is 0 Å². The minimum absolute atomic E-state index is 0.0740. The van der Waals surface area contributed by atoms with E-state index < -0.39 is 0 Å². The van der Waals surface area contributed by atoms with E-state index in [1.165, 1.54) is 4.90 Å². The van der Waals surface area contributed by atoms with E-state index in [2.05, 4.69) is 22.3 Å². The summed E-state index contributed by atoms with van der Waals surface area (Å²) in [6, 6.07) is 10.1. The molecule has 1 unspecified atom stereocenters. The summed E-state index contributed by atoms with van der Waals surface area (Å²) in [6.07, 6.45) is 0.478. The SMILES string of the molecule is COC(CN)Cc1nc(CSc2ccccc2)no1. The van der Waals surface area contributed by atoms with E-state index in [9.17, 15) is 0 Å². The number of hydrogen-bond acceptors (Lipinski definition) is 6. The van der Waals surface area contributed by atoms with E-state index in [0.717, 1.165) is 0 Å². The normalized spacial score (nSPS) is 12.5. The van der Waals surface area contributed by atoms with Gasteiger partial charge in [-0.25, -0.2) is 0 Å². The predicted octanol–water partition coefficient (Wildman–Crippen LogP) is 1.88. The number of rotatable bonds is 7. The summed E-state index contributed by atoms with van der Waals surface area (Å²) in [5, 5.41) is 3.95. The number of nitrogens with zero attached hydrogens (tertiary/aromatic N) is 2. The monoisotopic (exact) mass is 279 g/mol. The van der Waals surface area contributed by atoms with Crippen LogP contribution in [0.15, 0.2) is 39.8 Å². The van der Waals surface area contributed by atoms with E-state index in [1.807, 2.05) is 18.2 Å². The molecule has 1 aromatic carbocycles. The van der Waals surface area contributed by atoms with Crippen molar-refractivity contribution in [3.05, 3.63) is 42.0 Å². The Kier molecular flexibility index (Phi) is 5.38. The Morgan fingerprint density at radius 2 is 2.16 bits per heavy atom. The molecule has 0 saturated carbocycles. The Bertz CT molecular complexity index is 486. The smallest absolute Gasteiger partial charge is 0.229 e. The van der Waals surface area contributed by atoms with Gasteiger partial charge in [0, 0.05) is 18.6 Å². The summed E-state index contributed by atoms with van der Waals surface area (Å²) in [4.78, 5) is 5.51. The van der Waals surface area contributed by atoms with Crippen LogP contribution in [0.1, 0.15) is 11.7 Å². The third-order valence-electron chi connectivity index (χ3n) is 2.62. The molecule has 1 heterocycles.